The summed E-state index contributed by atoms with van der Waals surface area (Å²) in [7, 11) is 5.70. The SMILES string of the molecule is COc1ccc(C(CNC(=O)CSC(C)(C)C)N(C)C)cc1. The number of rotatable bonds is 7. The molecule has 0 saturated heterocycles. The maximum absolute atomic E-state index is 12.0. The number of nitrogens with one attached hydrogen (secondary N) is 1. The van der Waals surface area contributed by atoms with E-state index >= 15 is 0 Å². The predicted molar refractivity (Wildman–Crippen MR) is 94.6 cm³/mol. The molecule has 1 unspecified atom stereocenters. The predicted octanol–water partition coefficient (Wildman–Crippen LogP) is 2.95. The first-order chi connectivity index (χ1) is 10.2. The lowest BCUT2D eigenvalue weighted by Crippen LogP contribution is -2.35. The van der Waals surface area contributed by atoms with Crippen LogP contribution in [0.3, 0.4) is 0 Å². The van der Waals surface area contributed by atoms with Crippen molar-refractivity contribution < 1.29 is 9.53 Å². The summed E-state index contributed by atoms with van der Waals surface area (Å²) in [6.07, 6.45) is 0. The summed E-state index contributed by atoms with van der Waals surface area (Å²) in [5, 5.41) is 3.03. The number of hydrogen-bond acceptors (Lipinski definition) is 4. The third-order valence-corrected chi connectivity index (χ3v) is 4.53. The van der Waals surface area contributed by atoms with Crippen LogP contribution in [0.1, 0.15) is 32.4 Å². The van der Waals surface area contributed by atoms with Crippen LogP contribution in [0.5, 0.6) is 5.75 Å². The Balaban J connectivity index is 2.59. The van der Waals surface area contributed by atoms with Crippen LogP contribution in [0.15, 0.2) is 24.3 Å². The Bertz CT molecular complexity index is 467. The van der Waals surface area contributed by atoms with Crippen molar-refractivity contribution in [1.82, 2.24) is 10.2 Å². The van der Waals surface area contributed by atoms with Crippen LogP contribution >= 0.6 is 11.8 Å². The lowest BCUT2D eigenvalue weighted by Gasteiger charge is -2.25. The first-order valence-electron chi connectivity index (χ1n) is 7.44. The highest BCUT2D eigenvalue weighted by atomic mass is 32.2. The van der Waals surface area contributed by atoms with Gasteiger partial charge in [0.25, 0.3) is 0 Å². The van der Waals surface area contributed by atoms with E-state index in [1.807, 2.05) is 38.4 Å². The quantitative estimate of drug-likeness (QED) is 0.837. The average Bonchev–Trinajstić information content (AvgIpc) is 2.45. The Morgan fingerprint density at radius 1 is 1.27 bits per heavy atom. The molecule has 0 aliphatic carbocycles. The zero-order valence-electron chi connectivity index (χ0n) is 14.5. The minimum Gasteiger partial charge on any atom is -0.497 e. The number of amides is 1. The van der Waals surface area contributed by atoms with E-state index in [-0.39, 0.29) is 16.7 Å². The molecular formula is C17H28N2O2S. The zero-order valence-corrected chi connectivity index (χ0v) is 15.3. The van der Waals surface area contributed by atoms with Crippen molar-refractivity contribution in [2.75, 3.05) is 33.5 Å². The highest BCUT2D eigenvalue weighted by Gasteiger charge is 2.17. The van der Waals surface area contributed by atoms with Gasteiger partial charge in [-0.3, -0.25) is 4.79 Å². The molecule has 0 aliphatic rings. The molecule has 0 bridgehead atoms. The van der Waals surface area contributed by atoms with Gasteiger partial charge in [0.05, 0.1) is 18.9 Å². The van der Waals surface area contributed by atoms with Crippen molar-refractivity contribution in [2.24, 2.45) is 0 Å². The van der Waals surface area contributed by atoms with Crippen LogP contribution in [-0.2, 0) is 4.79 Å². The number of thioether (sulfide) groups is 1. The van der Waals surface area contributed by atoms with Gasteiger partial charge in [-0.2, -0.15) is 0 Å². The lowest BCUT2D eigenvalue weighted by atomic mass is 10.1. The van der Waals surface area contributed by atoms with E-state index in [9.17, 15) is 4.79 Å². The van der Waals surface area contributed by atoms with Gasteiger partial charge in [0.2, 0.25) is 5.91 Å². The molecule has 0 fully saturated rings. The minimum absolute atomic E-state index is 0.0836. The zero-order chi connectivity index (χ0) is 16.8. The highest BCUT2D eigenvalue weighted by molar-refractivity contribution is 8.01. The number of carbonyl (C=O) groups is 1. The van der Waals surface area contributed by atoms with Crippen molar-refractivity contribution in [3.8, 4) is 5.75 Å². The number of carbonyl (C=O) groups excluding carboxylic acids is 1. The Kier molecular flexibility index (Phi) is 7.23. The molecule has 1 aromatic carbocycles. The molecule has 0 radical (unpaired) electrons. The van der Waals surface area contributed by atoms with E-state index in [4.69, 9.17) is 4.74 Å². The number of benzene rings is 1. The number of hydrogen-bond donors (Lipinski definition) is 1. The van der Waals surface area contributed by atoms with Gasteiger partial charge in [0.15, 0.2) is 0 Å². The molecule has 1 atom stereocenters. The molecule has 0 saturated carbocycles. The first-order valence-corrected chi connectivity index (χ1v) is 8.42. The highest BCUT2D eigenvalue weighted by Crippen LogP contribution is 2.23. The summed E-state index contributed by atoms with van der Waals surface area (Å²) in [6, 6.07) is 8.13. The summed E-state index contributed by atoms with van der Waals surface area (Å²) in [5.41, 5.74) is 1.16. The summed E-state index contributed by atoms with van der Waals surface area (Å²) in [4.78, 5) is 14.1. The van der Waals surface area contributed by atoms with E-state index in [1.54, 1.807) is 18.9 Å². The molecule has 0 spiro atoms. The monoisotopic (exact) mass is 324 g/mol. The molecule has 0 heterocycles. The smallest absolute Gasteiger partial charge is 0.230 e. The minimum atomic E-state index is 0.0836. The van der Waals surface area contributed by atoms with Gasteiger partial charge in [-0.25, -0.2) is 0 Å². The Morgan fingerprint density at radius 2 is 1.86 bits per heavy atom. The maximum Gasteiger partial charge on any atom is 0.230 e. The van der Waals surface area contributed by atoms with Gasteiger partial charge < -0.3 is 15.0 Å². The van der Waals surface area contributed by atoms with Crippen LogP contribution in [0.25, 0.3) is 0 Å². The van der Waals surface area contributed by atoms with Crippen molar-refractivity contribution in [2.45, 2.75) is 31.6 Å². The molecule has 124 valence electrons. The fourth-order valence-corrected chi connectivity index (χ4v) is 2.63. The van der Waals surface area contributed by atoms with E-state index in [1.165, 1.54) is 0 Å². The van der Waals surface area contributed by atoms with Crippen LogP contribution < -0.4 is 10.1 Å². The molecule has 4 nitrogen and oxygen atoms in total. The molecule has 1 amide bonds. The van der Waals surface area contributed by atoms with Gasteiger partial charge in [-0.1, -0.05) is 32.9 Å². The fraction of sp³-hybridized carbons (Fsp3) is 0.588. The van der Waals surface area contributed by atoms with Crippen molar-refractivity contribution in [3.63, 3.8) is 0 Å². The molecule has 1 rings (SSSR count). The molecule has 1 aromatic rings. The van der Waals surface area contributed by atoms with Gasteiger partial charge in [0.1, 0.15) is 5.75 Å². The molecular weight excluding hydrogens is 296 g/mol. The standard InChI is InChI=1S/C17H28N2O2S/c1-17(2,3)22-12-16(20)18-11-15(19(4)5)13-7-9-14(21-6)10-8-13/h7-10,15H,11-12H2,1-6H3,(H,18,20). The summed E-state index contributed by atoms with van der Waals surface area (Å²) in [5.74, 6) is 1.42. The second kappa shape index (κ2) is 8.44. The number of ether oxygens (including phenoxy) is 1. The van der Waals surface area contributed by atoms with E-state index < -0.39 is 0 Å². The average molecular weight is 324 g/mol. The topological polar surface area (TPSA) is 41.6 Å². The Hall–Kier alpha value is -1.20. The second-order valence-corrected chi connectivity index (χ2v) is 8.26. The molecule has 5 heteroatoms. The van der Waals surface area contributed by atoms with Crippen molar-refractivity contribution >= 4 is 17.7 Å². The third kappa shape index (κ3) is 6.71. The van der Waals surface area contributed by atoms with Crippen LogP contribution in [0.4, 0.5) is 0 Å². The Labute approximate surface area is 138 Å². The summed E-state index contributed by atoms with van der Waals surface area (Å²) in [6.45, 7) is 6.95. The van der Waals surface area contributed by atoms with Crippen LogP contribution in [0, 0.1) is 0 Å². The normalized spacial score (nSPS) is 13.0. The molecule has 0 aliphatic heterocycles. The fourth-order valence-electron chi connectivity index (χ4n) is 1.97. The van der Waals surface area contributed by atoms with Gasteiger partial charge in [-0.15, -0.1) is 11.8 Å². The number of likely N-dealkylation sites (N-methyl/N-ethyl adjacent to an activating group) is 1. The molecule has 0 aromatic heterocycles. The van der Waals surface area contributed by atoms with Gasteiger partial charge in [-0.05, 0) is 31.8 Å². The Morgan fingerprint density at radius 3 is 2.32 bits per heavy atom. The largest absolute Gasteiger partial charge is 0.497 e. The van der Waals surface area contributed by atoms with E-state index in [2.05, 4.69) is 31.0 Å². The summed E-state index contributed by atoms with van der Waals surface area (Å²) >= 11 is 1.66. The summed E-state index contributed by atoms with van der Waals surface area (Å²) < 4.78 is 5.29. The van der Waals surface area contributed by atoms with Crippen molar-refractivity contribution in [3.05, 3.63) is 29.8 Å². The van der Waals surface area contributed by atoms with E-state index in [0.717, 1.165) is 11.3 Å². The van der Waals surface area contributed by atoms with Gasteiger partial charge >= 0.3 is 0 Å². The van der Waals surface area contributed by atoms with Gasteiger partial charge in [0, 0.05) is 11.3 Å². The van der Waals surface area contributed by atoms with Crippen molar-refractivity contribution in [1.29, 1.82) is 0 Å². The first kappa shape index (κ1) is 18.8. The molecule has 22 heavy (non-hydrogen) atoms. The van der Waals surface area contributed by atoms with Crippen LogP contribution in [0.2, 0.25) is 0 Å². The number of methoxy groups -OCH3 is 1. The number of nitrogens with zero attached hydrogens (tertiary/aromatic N) is 1. The maximum atomic E-state index is 12.0. The third-order valence-electron chi connectivity index (χ3n) is 3.25. The van der Waals surface area contributed by atoms with Crippen LogP contribution in [-0.4, -0.2) is 49.1 Å². The lowest BCUT2D eigenvalue weighted by molar-refractivity contribution is -0.118. The second-order valence-electron chi connectivity index (χ2n) is 6.46. The molecule has 1 N–H and O–H groups in total. The van der Waals surface area contributed by atoms with E-state index in [0.29, 0.717) is 12.3 Å².